The molecule has 1 fully saturated rings. The third-order valence-corrected chi connectivity index (χ3v) is 5.82. The van der Waals surface area contributed by atoms with Crippen LogP contribution in [0.2, 0.25) is 0 Å². The summed E-state index contributed by atoms with van der Waals surface area (Å²) in [6.45, 7) is 3.90. The van der Waals surface area contributed by atoms with E-state index in [1.807, 2.05) is 0 Å². The first-order valence-electron chi connectivity index (χ1n) is 10.2. The normalized spacial score (nSPS) is 21.7. The molecule has 0 unspecified atom stereocenters. The Morgan fingerprint density at radius 1 is 0.652 bits per heavy atom. The Morgan fingerprint density at radius 3 is 1.52 bits per heavy atom. The van der Waals surface area contributed by atoms with Gasteiger partial charge in [0.2, 0.25) is 0 Å². The molecule has 1 heterocycles. The standard InChI is InChI=1S/C20H39IO2/c1-2-3-4-5-6-7-8-9-10-11-12-13-14-15-19-17-23-20(16-21)18-22-19/h19-20H,2-18H2,1H3/t19-,20-/m0/s1. The Hall–Kier alpha value is 0.650. The maximum absolute atomic E-state index is 5.86. The fraction of sp³-hybridized carbons (Fsp3) is 1.00. The minimum absolute atomic E-state index is 0.332. The number of halogens is 1. The summed E-state index contributed by atoms with van der Waals surface area (Å²) in [5.74, 6) is 0. The van der Waals surface area contributed by atoms with E-state index in [2.05, 4.69) is 29.5 Å². The van der Waals surface area contributed by atoms with E-state index in [0.29, 0.717) is 12.2 Å². The first-order valence-corrected chi connectivity index (χ1v) is 11.7. The van der Waals surface area contributed by atoms with Crippen molar-refractivity contribution in [1.29, 1.82) is 0 Å². The summed E-state index contributed by atoms with van der Waals surface area (Å²) >= 11 is 2.37. The van der Waals surface area contributed by atoms with Crippen LogP contribution in [0, 0.1) is 0 Å². The van der Waals surface area contributed by atoms with Crippen molar-refractivity contribution in [2.45, 2.75) is 109 Å². The average Bonchev–Trinajstić information content (AvgIpc) is 2.59. The first kappa shape index (κ1) is 21.7. The molecule has 0 aromatic rings. The van der Waals surface area contributed by atoms with Crippen LogP contribution in [0.1, 0.15) is 96.8 Å². The third-order valence-electron chi connectivity index (χ3n) is 4.84. The highest BCUT2D eigenvalue weighted by molar-refractivity contribution is 14.1. The summed E-state index contributed by atoms with van der Waals surface area (Å²) < 4.78 is 12.7. The second kappa shape index (κ2) is 16.1. The van der Waals surface area contributed by atoms with Gasteiger partial charge in [-0.3, -0.25) is 0 Å². The zero-order valence-corrected chi connectivity index (χ0v) is 17.5. The van der Waals surface area contributed by atoms with Crippen LogP contribution in [0.5, 0.6) is 0 Å². The first-order chi connectivity index (χ1) is 11.4. The van der Waals surface area contributed by atoms with Gasteiger partial charge < -0.3 is 9.47 Å². The van der Waals surface area contributed by atoms with E-state index in [1.165, 1.54) is 89.9 Å². The molecule has 3 heteroatoms. The molecule has 0 aromatic heterocycles. The van der Waals surface area contributed by atoms with E-state index in [4.69, 9.17) is 9.47 Å². The van der Waals surface area contributed by atoms with Crippen LogP contribution in [-0.2, 0) is 9.47 Å². The second-order valence-corrected chi connectivity index (χ2v) is 7.98. The smallest absolute Gasteiger partial charge is 0.0899 e. The molecule has 0 saturated carbocycles. The Kier molecular flexibility index (Phi) is 15.2. The predicted octanol–water partition coefficient (Wildman–Crippen LogP) is 6.69. The van der Waals surface area contributed by atoms with Crippen molar-refractivity contribution in [1.82, 2.24) is 0 Å². The molecule has 138 valence electrons. The lowest BCUT2D eigenvalue weighted by Crippen LogP contribution is -2.36. The van der Waals surface area contributed by atoms with Crippen molar-refractivity contribution in [2.24, 2.45) is 0 Å². The lowest BCUT2D eigenvalue weighted by Gasteiger charge is -2.28. The average molecular weight is 438 g/mol. The Labute approximate surface area is 158 Å². The summed E-state index contributed by atoms with van der Waals surface area (Å²) in [6, 6.07) is 0. The van der Waals surface area contributed by atoms with Gasteiger partial charge in [0.25, 0.3) is 0 Å². The van der Waals surface area contributed by atoms with Gasteiger partial charge in [0.1, 0.15) is 0 Å². The maximum Gasteiger partial charge on any atom is 0.0899 e. The van der Waals surface area contributed by atoms with Crippen LogP contribution in [0.15, 0.2) is 0 Å². The van der Waals surface area contributed by atoms with E-state index in [-0.39, 0.29) is 0 Å². The minimum Gasteiger partial charge on any atom is -0.373 e. The van der Waals surface area contributed by atoms with E-state index in [0.717, 1.165) is 17.6 Å². The van der Waals surface area contributed by atoms with Crippen LogP contribution >= 0.6 is 22.6 Å². The molecule has 0 radical (unpaired) electrons. The minimum atomic E-state index is 0.332. The summed E-state index contributed by atoms with van der Waals surface area (Å²) in [4.78, 5) is 0. The molecule has 0 aromatic carbocycles. The van der Waals surface area contributed by atoms with Crippen molar-refractivity contribution in [2.75, 3.05) is 17.6 Å². The van der Waals surface area contributed by atoms with Crippen molar-refractivity contribution in [3.8, 4) is 0 Å². The van der Waals surface area contributed by atoms with E-state index >= 15 is 0 Å². The fourth-order valence-electron chi connectivity index (χ4n) is 3.23. The number of ether oxygens (including phenoxy) is 2. The van der Waals surface area contributed by atoms with Gasteiger partial charge >= 0.3 is 0 Å². The van der Waals surface area contributed by atoms with Crippen molar-refractivity contribution in [3.63, 3.8) is 0 Å². The highest BCUT2D eigenvalue weighted by Gasteiger charge is 2.20. The molecule has 1 aliphatic rings. The molecule has 1 saturated heterocycles. The molecule has 0 amide bonds. The van der Waals surface area contributed by atoms with E-state index < -0.39 is 0 Å². The monoisotopic (exact) mass is 438 g/mol. The van der Waals surface area contributed by atoms with Crippen LogP contribution in [0.25, 0.3) is 0 Å². The fourth-order valence-corrected chi connectivity index (χ4v) is 3.74. The lowest BCUT2D eigenvalue weighted by molar-refractivity contribution is -0.126. The van der Waals surface area contributed by atoms with Gasteiger partial charge in [-0.25, -0.2) is 0 Å². The number of alkyl halides is 1. The van der Waals surface area contributed by atoms with Gasteiger partial charge in [0.15, 0.2) is 0 Å². The molecule has 2 nitrogen and oxygen atoms in total. The summed E-state index contributed by atoms with van der Waals surface area (Å²) in [5, 5.41) is 0. The SMILES string of the molecule is CCCCCCCCCCCCCCC[C@H]1CO[C@@H](CI)CO1. The summed E-state index contributed by atoms with van der Waals surface area (Å²) in [6.07, 6.45) is 20.3. The molecule has 0 aliphatic carbocycles. The van der Waals surface area contributed by atoms with Crippen molar-refractivity contribution < 1.29 is 9.47 Å². The van der Waals surface area contributed by atoms with Crippen LogP contribution in [-0.4, -0.2) is 29.8 Å². The Bertz CT molecular complexity index is 240. The summed E-state index contributed by atoms with van der Waals surface area (Å²) in [5.41, 5.74) is 0. The van der Waals surface area contributed by atoms with Crippen LogP contribution in [0.4, 0.5) is 0 Å². The lowest BCUT2D eigenvalue weighted by atomic mass is 10.0. The van der Waals surface area contributed by atoms with Crippen LogP contribution < -0.4 is 0 Å². The largest absolute Gasteiger partial charge is 0.373 e. The van der Waals surface area contributed by atoms with Crippen molar-refractivity contribution >= 4 is 22.6 Å². The highest BCUT2D eigenvalue weighted by Crippen LogP contribution is 2.17. The van der Waals surface area contributed by atoms with Crippen LogP contribution in [0.3, 0.4) is 0 Å². The van der Waals surface area contributed by atoms with Gasteiger partial charge in [0.05, 0.1) is 25.4 Å². The van der Waals surface area contributed by atoms with Gasteiger partial charge in [0, 0.05) is 4.43 Å². The van der Waals surface area contributed by atoms with Gasteiger partial charge in [-0.15, -0.1) is 0 Å². The molecule has 23 heavy (non-hydrogen) atoms. The van der Waals surface area contributed by atoms with Gasteiger partial charge in [-0.2, -0.15) is 0 Å². The maximum atomic E-state index is 5.86. The predicted molar refractivity (Wildman–Crippen MR) is 109 cm³/mol. The zero-order valence-electron chi connectivity index (χ0n) is 15.4. The molecule has 0 bridgehead atoms. The van der Waals surface area contributed by atoms with Gasteiger partial charge in [-0.05, 0) is 6.42 Å². The molecule has 2 atom stereocenters. The summed E-state index contributed by atoms with van der Waals surface area (Å²) in [7, 11) is 0. The molecule has 0 N–H and O–H groups in total. The quantitative estimate of drug-likeness (QED) is 0.161. The van der Waals surface area contributed by atoms with E-state index in [9.17, 15) is 0 Å². The molecular formula is C20H39IO2. The number of rotatable bonds is 15. The number of hydrogen-bond donors (Lipinski definition) is 0. The van der Waals surface area contributed by atoms with E-state index in [1.54, 1.807) is 0 Å². The van der Waals surface area contributed by atoms with Crippen molar-refractivity contribution in [3.05, 3.63) is 0 Å². The topological polar surface area (TPSA) is 18.5 Å². The highest BCUT2D eigenvalue weighted by atomic mass is 127. The molecule has 1 aliphatic heterocycles. The third kappa shape index (κ3) is 12.6. The molecule has 1 rings (SSSR count). The van der Waals surface area contributed by atoms with Gasteiger partial charge in [-0.1, -0.05) is 113 Å². The zero-order chi connectivity index (χ0) is 16.6. The Balaban J connectivity index is 1.73. The second-order valence-electron chi connectivity index (χ2n) is 7.10. The number of hydrogen-bond acceptors (Lipinski definition) is 2. The molecule has 0 spiro atoms. The molecular weight excluding hydrogens is 399 g/mol. The Morgan fingerprint density at radius 2 is 1.09 bits per heavy atom. The number of unbranched alkanes of at least 4 members (excludes halogenated alkanes) is 12.